The Morgan fingerprint density at radius 1 is 1.19 bits per heavy atom. The van der Waals surface area contributed by atoms with Crippen LogP contribution in [-0.2, 0) is 16.1 Å². The van der Waals surface area contributed by atoms with Crippen molar-refractivity contribution in [1.82, 2.24) is 15.2 Å². The SMILES string of the molecule is O=C(NC[C@@H]1CO[C@H]2CN(Cc3ccc4ccccc4n3)C[C@@H]12)C1CC1. The molecule has 1 N–H and O–H groups in total. The number of benzene rings is 1. The molecule has 1 saturated carbocycles. The number of ether oxygens (including phenoxy) is 1. The lowest BCUT2D eigenvalue weighted by atomic mass is 9.93. The van der Waals surface area contributed by atoms with Crippen molar-refractivity contribution in [3.8, 4) is 0 Å². The Labute approximate surface area is 153 Å². The Bertz CT molecular complexity index is 820. The van der Waals surface area contributed by atoms with E-state index in [1.54, 1.807) is 0 Å². The van der Waals surface area contributed by atoms with Gasteiger partial charge in [0.1, 0.15) is 0 Å². The summed E-state index contributed by atoms with van der Waals surface area (Å²) >= 11 is 0. The molecule has 0 spiro atoms. The second-order valence-corrected chi connectivity index (χ2v) is 8.00. The maximum atomic E-state index is 11.9. The Morgan fingerprint density at radius 2 is 2.08 bits per heavy atom. The molecule has 2 aliphatic heterocycles. The Morgan fingerprint density at radius 3 is 2.96 bits per heavy atom. The maximum Gasteiger partial charge on any atom is 0.223 e. The second-order valence-electron chi connectivity index (χ2n) is 8.00. The number of carbonyl (C=O) groups is 1. The van der Waals surface area contributed by atoms with Gasteiger partial charge < -0.3 is 10.1 Å². The third-order valence-corrected chi connectivity index (χ3v) is 6.04. The van der Waals surface area contributed by atoms with Gasteiger partial charge in [-0.15, -0.1) is 0 Å². The molecular formula is C21H25N3O2. The molecule has 1 aliphatic carbocycles. The number of likely N-dealkylation sites (tertiary alicyclic amines) is 1. The summed E-state index contributed by atoms with van der Waals surface area (Å²) in [6.07, 6.45) is 2.43. The molecule has 5 heteroatoms. The summed E-state index contributed by atoms with van der Waals surface area (Å²) in [7, 11) is 0. The van der Waals surface area contributed by atoms with Crippen molar-refractivity contribution in [2.45, 2.75) is 25.5 Å². The fourth-order valence-electron chi connectivity index (χ4n) is 4.37. The zero-order chi connectivity index (χ0) is 17.5. The summed E-state index contributed by atoms with van der Waals surface area (Å²) in [5, 5.41) is 4.32. The molecule has 0 bridgehead atoms. The van der Waals surface area contributed by atoms with E-state index in [1.807, 2.05) is 12.1 Å². The Kier molecular flexibility index (Phi) is 4.14. The number of aromatic nitrogens is 1. The molecule has 3 aliphatic rings. The van der Waals surface area contributed by atoms with Crippen molar-refractivity contribution in [2.24, 2.45) is 17.8 Å². The minimum Gasteiger partial charge on any atom is -0.376 e. The average molecular weight is 351 g/mol. The van der Waals surface area contributed by atoms with Gasteiger partial charge in [0.05, 0.1) is 23.9 Å². The van der Waals surface area contributed by atoms with E-state index in [-0.39, 0.29) is 11.8 Å². The van der Waals surface area contributed by atoms with E-state index in [4.69, 9.17) is 9.72 Å². The topological polar surface area (TPSA) is 54.5 Å². The number of rotatable bonds is 5. The number of hydrogen-bond donors (Lipinski definition) is 1. The molecule has 0 radical (unpaired) electrons. The number of amides is 1. The quantitative estimate of drug-likeness (QED) is 0.897. The van der Waals surface area contributed by atoms with Crippen molar-refractivity contribution in [2.75, 3.05) is 26.2 Å². The van der Waals surface area contributed by atoms with Crippen LogP contribution in [0.1, 0.15) is 18.5 Å². The zero-order valence-corrected chi connectivity index (χ0v) is 14.9. The normalized spacial score (nSPS) is 28.4. The van der Waals surface area contributed by atoms with Crippen molar-refractivity contribution in [3.05, 3.63) is 42.1 Å². The largest absolute Gasteiger partial charge is 0.376 e. The molecule has 3 atom stereocenters. The van der Waals surface area contributed by atoms with Gasteiger partial charge in [-0.3, -0.25) is 14.7 Å². The molecule has 0 unspecified atom stereocenters. The molecule has 1 amide bonds. The van der Waals surface area contributed by atoms with Crippen LogP contribution in [0.2, 0.25) is 0 Å². The number of nitrogens with zero attached hydrogens (tertiary/aromatic N) is 2. The summed E-state index contributed by atoms with van der Waals surface area (Å²) in [6.45, 7) is 4.40. The van der Waals surface area contributed by atoms with Crippen LogP contribution in [0.25, 0.3) is 10.9 Å². The first kappa shape index (κ1) is 16.2. The fraction of sp³-hybridized carbons (Fsp3) is 0.524. The minimum atomic E-state index is 0.240. The van der Waals surface area contributed by atoms with E-state index in [1.165, 1.54) is 5.39 Å². The van der Waals surface area contributed by atoms with Crippen molar-refractivity contribution in [3.63, 3.8) is 0 Å². The second kappa shape index (κ2) is 6.63. The highest BCUT2D eigenvalue weighted by atomic mass is 16.5. The van der Waals surface area contributed by atoms with E-state index in [0.717, 1.165) is 56.8 Å². The van der Waals surface area contributed by atoms with Gasteiger partial charge in [0.15, 0.2) is 0 Å². The lowest BCUT2D eigenvalue weighted by Gasteiger charge is -2.20. The summed E-state index contributed by atoms with van der Waals surface area (Å²) in [6, 6.07) is 12.5. The molecule has 5 nitrogen and oxygen atoms in total. The lowest BCUT2D eigenvalue weighted by Crippen LogP contribution is -2.34. The van der Waals surface area contributed by atoms with Crippen molar-refractivity contribution in [1.29, 1.82) is 0 Å². The smallest absolute Gasteiger partial charge is 0.223 e. The highest BCUT2D eigenvalue weighted by Gasteiger charge is 2.44. The molecular weight excluding hydrogens is 326 g/mol. The molecule has 2 aromatic rings. The monoisotopic (exact) mass is 351 g/mol. The minimum absolute atomic E-state index is 0.240. The molecule has 3 heterocycles. The number of pyridine rings is 1. The maximum absolute atomic E-state index is 11.9. The van der Waals surface area contributed by atoms with Gasteiger partial charge in [0, 0.05) is 49.3 Å². The molecule has 5 rings (SSSR count). The van der Waals surface area contributed by atoms with E-state index < -0.39 is 0 Å². The van der Waals surface area contributed by atoms with Crippen LogP contribution < -0.4 is 5.32 Å². The first-order valence-electron chi connectivity index (χ1n) is 9.72. The number of hydrogen-bond acceptors (Lipinski definition) is 4. The first-order valence-corrected chi connectivity index (χ1v) is 9.72. The summed E-state index contributed by atoms with van der Waals surface area (Å²) in [5.41, 5.74) is 2.17. The highest BCUT2D eigenvalue weighted by Crippen LogP contribution is 2.34. The van der Waals surface area contributed by atoms with Crippen LogP contribution in [0.3, 0.4) is 0 Å². The third kappa shape index (κ3) is 3.21. The number of para-hydroxylation sites is 1. The van der Waals surface area contributed by atoms with Crippen molar-refractivity contribution >= 4 is 16.8 Å². The zero-order valence-electron chi connectivity index (χ0n) is 14.9. The van der Waals surface area contributed by atoms with E-state index in [0.29, 0.717) is 17.9 Å². The van der Waals surface area contributed by atoms with Crippen molar-refractivity contribution < 1.29 is 9.53 Å². The van der Waals surface area contributed by atoms with E-state index in [2.05, 4.69) is 34.5 Å². The highest BCUT2D eigenvalue weighted by molar-refractivity contribution is 5.80. The predicted octanol–water partition coefficient (Wildman–Crippen LogP) is 2.21. The molecule has 1 aromatic carbocycles. The molecule has 26 heavy (non-hydrogen) atoms. The van der Waals surface area contributed by atoms with Gasteiger partial charge in [-0.25, -0.2) is 0 Å². The van der Waals surface area contributed by atoms with Crippen LogP contribution in [0.15, 0.2) is 36.4 Å². The van der Waals surface area contributed by atoms with Crippen LogP contribution in [0.5, 0.6) is 0 Å². The van der Waals surface area contributed by atoms with Gasteiger partial charge in [-0.1, -0.05) is 24.3 Å². The summed E-state index contributed by atoms with van der Waals surface area (Å²) < 4.78 is 6.02. The fourth-order valence-corrected chi connectivity index (χ4v) is 4.37. The molecule has 2 saturated heterocycles. The van der Waals surface area contributed by atoms with Crippen LogP contribution in [0.4, 0.5) is 0 Å². The summed E-state index contributed by atoms with van der Waals surface area (Å²) in [5.74, 6) is 1.49. The molecule has 136 valence electrons. The standard InChI is InChI=1S/C21H25N3O2/c25-21(15-5-6-15)22-9-16-13-26-20-12-24(11-18(16)20)10-17-8-7-14-3-1-2-4-19(14)23-17/h1-4,7-8,15-16,18,20H,5-6,9-13H2,(H,22,25)/t16-,18+,20+/m1/s1. The Hall–Kier alpha value is -1.98. The number of carbonyl (C=O) groups excluding carboxylic acids is 1. The first-order chi connectivity index (χ1) is 12.8. The number of fused-ring (bicyclic) bond motifs is 2. The van der Waals surface area contributed by atoms with E-state index in [9.17, 15) is 4.79 Å². The van der Waals surface area contributed by atoms with Gasteiger partial charge >= 0.3 is 0 Å². The summed E-state index contributed by atoms with van der Waals surface area (Å²) in [4.78, 5) is 19.1. The van der Waals surface area contributed by atoms with Gasteiger partial charge in [0.2, 0.25) is 5.91 Å². The lowest BCUT2D eigenvalue weighted by molar-refractivity contribution is -0.122. The average Bonchev–Trinajstić information content (AvgIpc) is 3.34. The third-order valence-electron chi connectivity index (χ3n) is 6.04. The predicted molar refractivity (Wildman–Crippen MR) is 99.5 cm³/mol. The van der Waals surface area contributed by atoms with E-state index >= 15 is 0 Å². The molecule has 3 fully saturated rings. The van der Waals surface area contributed by atoms with Gasteiger partial charge in [-0.05, 0) is 25.0 Å². The molecule has 1 aromatic heterocycles. The van der Waals surface area contributed by atoms with Gasteiger partial charge in [-0.2, -0.15) is 0 Å². The number of nitrogens with one attached hydrogen (secondary N) is 1. The van der Waals surface area contributed by atoms with Crippen LogP contribution >= 0.6 is 0 Å². The van der Waals surface area contributed by atoms with Crippen LogP contribution in [-0.4, -0.2) is 48.1 Å². The van der Waals surface area contributed by atoms with Gasteiger partial charge in [0.25, 0.3) is 0 Å². The Balaban J connectivity index is 1.20. The van der Waals surface area contributed by atoms with Crippen LogP contribution in [0, 0.1) is 17.8 Å².